The van der Waals surface area contributed by atoms with Crippen LogP contribution in [0.4, 0.5) is 8.78 Å². The predicted molar refractivity (Wildman–Crippen MR) is 70.1 cm³/mol. The number of hydrazine groups is 1. The highest BCUT2D eigenvalue weighted by molar-refractivity contribution is 6.30. The van der Waals surface area contributed by atoms with Crippen LogP contribution in [0, 0.1) is 17.0 Å². The average molecular weight is 277 g/mol. The SMILES string of the molecule is CC(C)(C)CCC(NN)c1cc(F)c(Cl)cc1F. The molecule has 3 N–H and O–H groups in total. The van der Waals surface area contributed by atoms with Crippen LogP contribution in [-0.2, 0) is 0 Å². The van der Waals surface area contributed by atoms with Gasteiger partial charge in [-0.15, -0.1) is 0 Å². The van der Waals surface area contributed by atoms with E-state index < -0.39 is 17.7 Å². The first-order chi connectivity index (χ1) is 8.24. The van der Waals surface area contributed by atoms with E-state index in [4.69, 9.17) is 17.4 Å². The van der Waals surface area contributed by atoms with Crippen molar-refractivity contribution >= 4 is 11.6 Å². The molecule has 0 fully saturated rings. The Morgan fingerprint density at radius 2 is 1.89 bits per heavy atom. The molecule has 5 heteroatoms. The molecule has 18 heavy (non-hydrogen) atoms. The van der Waals surface area contributed by atoms with Crippen LogP contribution in [0.3, 0.4) is 0 Å². The number of nitrogens with one attached hydrogen (secondary N) is 1. The lowest BCUT2D eigenvalue weighted by molar-refractivity contribution is 0.330. The molecule has 1 aromatic carbocycles. The largest absolute Gasteiger partial charge is 0.271 e. The lowest BCUT2D eigenvalue weighted by atomic mass is 9.87. The molecule has 0 saturated heterocycles. The van der Waals surface area contributed by atoms with Crippen LogP contribution >= 0.6 is 11.6 Å². The van der Waals surface area contributed by atoms with E-state index >= 15 is 0 Å². The summed E-state index contributed by atoms with van der Waals surface area (Å²) in [6.45, 7) is 6.25. The molecule has 0 spiro atoms. The molecule has 0 aliphatic carbocycles. The highest BCUT2D eigenvalue weighted by Gasteiger charge is 2.20. The van der Waals surface area contributed by atoms with E-state index in [2.05, 4.69) is 26.2 Å². The second kappa shape index (κ2) is 5.95. The maximum Gasteiger partial charge on any atom is 0.142 e. The summed E-state index contributed by atoms with van der Waals surface area (Å²) < 4.78 is 27.1. The fourth-order valence-electron chi connectivity index (χ4n) is 1.71. The van der Waals surface area contributed by atoms with Gasteiger partial charge in [0.15, 0.2) is 0 Å². The van der Waals surface area contributed by atoms with Crippen LogP contribution in [0.15, 0.2) is 12.1 Å². The maximum absolute atomic E-state index is 13.7. The van der Waals surface area contributed by atoms with Crippen LogP contribution in [-0.4, -0.2) is 0 Å². The minimum Gasteiger partial charge on any atom is -0.271 e. The van der Waals surface area contributed by atoms with Crippen molar-refractivity contribution in [3.63, 3.8) is 0 Å². The molecule has 1 atom stereocenters. The summed E-state index contributed by atoms with van der Waals surface area (Å²) in [4.78, 5) is 0. The molecule has 1 unspecified atom stereocenters. The molecule has 0 aliphatic heterocycles. The third kappa shape index (κ3) is 4.19. The number of nitrogens with two attached hydrogens (primary N) is 1. The van der Waals surface area contributed by atoms with E-state index in [0.717, 1.165) is 18.6 Å². The quantitative estimate of drug-likeness (QED) is 0.496. The van der Waals surface area contributed by atoms with Gasteiger partial charge in [-0.1, -0.05) is 32.4 Å². The van der Waals surface area contributed by atoms with Crippen molar-refractivity contribution in [1.82, 2.24) is 5.43 Å². The third-order valence-electron chi connectivity index (χ3n) is 2.80. The summed E-state index contributed by atoms with van der Waals surface area (Å²) in [6, 6.07) is 1.66. The molecule has 0 saturated carbocycles. The molecule has 1 aromatic rings. The average Bonchev–Trinajstić information content (AvgIpc) is 2.24. The molecule has 0 heterocycles. The Morgan fingerprint density at radius 1 is 1.28 bits per heavy atom. The summed E-state index contributed by atoms with van der Waals surface area (Å²) in [5.41, 5.74) is 2.85. The summed E-state index contributed by atoms with van der Waals surface area (Å²) in [5.74, 6) is 4.24. The second-order valence-electron chi connectivity index (χ2n) is 5.61. The summed E-state index contributed by atoms with van der Waals surface area (Å²) in [7, 11) is 0. The topological polar surface area (TPSA) is 38.0 Å². The van der Waals surface area contributed by atoms with E-state index in [1.807, 2.05) is 0 Å². The van der Waals surface area contributed by atoms with E-state index in [9.17, 15) is 8.78 Å². The van der Waals surface area contributed by atoms with Crippen LogP contribution in [0.5, 0.6) is 0 Å². The molecule has 0 amide bonds. The Bertz CT molecular complexity index is 416. The first kappa shape index (κ1) is 15.3. The lowest BCUT2D eigenvalue weighted by Crippen LogP contribution is -2.29. The molecule has 0 aliphatic rings. The first-order valence-electron chi connectivity index (χ1n) is 5.85. The predicted octanol–water partition coefficient (Wildman–Crippen LogP) is 3.95. The molecule has 102 valence electrons. The van der Waals surface area contributed by atoms with E-state index in [0.29, 0.717) is 6.42 Å². The van der Waals surface area contributed by atoms with Gasteiger partial charge in [0, 0.05) is 11.6 Å². The van der Waals surface area contributed by atoms with Crippen molar-refractivity contribution < 1.29 is 8.78 Å². The Morgan fingerprint density at radius 3 is 2.39 bits per heavy atom. The van der Waals surface area contributed by atoms with Crippen molar-refractivity contribution in [3.05, 3.63) is 34.4 Å². The van der Waals surface area contributed by atoms with Crippen molar-refractivity contribution in [1.29, 1.82) is 0 Å². The number of hydrogen-bond donors (Lipinski definition) is 2. The van der Waals surface area contributed by atoms with Gasteiger partial charge >= 0.3 is 0 Å². The van der Waals surface area contributed by atoms with Gasteiger partial charge in [0.2, 0.25) is 0 Å². The minimum absolute atomic E-state index is 0.108. The van der Waals surface area contributed by atoms with Crippen LogP contribution in [0.2, 0.25) is 5.02 Å². The highest BCUT2D eigenvalue weighted by Crippen LogP contribution is 2.30. The Balaban J connectivity index is 2.92. The maximum atomic E-state index is 13.7. The summed E-state index contributed by atoms with van der Waals surface area (Å²) >= 11 is 5.52. The van der Waals surface area contributed by atoms with Crippen molar-refractivity contribution in [2.24, 2.45) is 11.3 Å². The summed E-state index contributed by atoms with van der Waals surface area (Å²) in [6.07, 6.45) is 1.46. The van der Waals surface area contributed by atoms with E-state index in [1.165, 1.54) is 0 Å². The van der Waals surface area contributed by atoms with Crippen molar-refractivity contribution in [2.45, 2.75) is 39.7 Å². The lowest BCUT2D eigenvalue weighted by Gasteiger charge is -2.23. The van der Waals surface area contributed by atoms with E-state index in [1.54, 1.807) is 0 Å². The molecule has 0 aromatic heterocycles. The van der Waals surface area contributed by atoms with Gasteiger partial charge in [0.25, 0.3) is 0 Å². The van der Waals surface area contributed by atoms with Gasteiger partial charge < -0.3 is 0 Å². The molecular formula is C13H19ClF2N2. The highest BCUT2D eigenvalue weighted by atomic mass is 35.5. The van der Waals surface area contributed by atoms with Gasteiger partial charge in [-0.2, -0.15) is 0 Å². The first-order valence-corrected chi connectivity index (χ1v) is 6.23. The zero-order chi connectivity index (χ0) is 13.9. The van der Waals surface area contributed by atoms with E-state index in [-0.39, 0.29) is 16.0 Å². The fraction of sp³-hybridized carbons (Fsp3) is 0.538. The minimum atomic E-state index is -0.635. The van der Waals surface area contributed by atoms with Gasteiger partial charge in [0.1, 0.15) is 11.6 Å². The second-order valence-corrected chi connectivity index (χ2v) is 6.01. The smallest absolute Gasteiger partial charge is 0.142 e. The Labute approximate surface area is 111 Å². The zero-order valence-corrected chi connectivity index (χ0v) is 11.6. The number of benzene rings is 1. The number of hydrogen-bond acceptors (Lipinski definition) is 2. The molecule has 1 rings (SSSR count). The normalized spacial score (nSPS) is 13.7. The van der Waals surface area contributed by atoms with Crippen LogP contribution in [0.1, 0.15) is 45.2 Å². The molecule has 0 bridgehead atoms. The Kier molecular flexibility index (Phi) is 5.08. The zero-order valence-electron chi connectivity index (χ0n) is 10.9. The van der Waals surface area contributed by atoms with Gasteiger partial charge in [-0.25, -0.2) is 8.78 Å². The monoisotopic (exact) mass is 276 g/mol. The van der Waals surface area contributed by atoms with Crippen molar-refractivity contribution in [3.8, 4) is 0 Å². The van der Waals surface area contributed by atoms with Gasteiger partial charge in [-0.05, 0) is 30.4 Å². The number of rotatable bonds is 4. The number of halogens is 3. The van der Waals surface area contributed by atoms with Crippen LogP contribution in [0.25, 0.3) is 0 Å². The standard InChI is InChI=1S/C13H19ClF2N2/c1-13(2,3)5-4-12(18-17)8-6-11(16)9(14)7-10(8)15/h6-7,12,18H,4-5,17H2,1-3H3. The fourth-order valence-corrected chi connectivity index (χ4v) is 1.86. The Hall–Kier alpha value is -0.710. The van der Waals surface area contributed by atoms with Crippen LogP contribution < -0.4 is 11.3 Å². The van der Waals surface area contributed by atoms with Crippen molar-refractivity contribution in [2.75, 3.05) is 0 Å². The molecular weight excluding hydrogens is 258 g/mol. The molecule has 0 radical (unpaired) electrons. The molecule has 2 nitrogen and oxygen atoms in total. The van der Waals surface area contributed by atoms with Gasteiger partial charge in [-0.3, -0.25) is 11.3 Å². The summed E-state index contributed by atoms with van der Waals surface area (Å²) in [5, 5.41) is -0.220. The van der Waals surface area contributed by atoms with Gasteiger partial charge in [0.05, 0.1) is 5.02 Å². The third-order valence-corrected chi connectivity index (χ3v) is 3.09.